The van der Waals surface area contributed by atoms with Crippen LogP contribution in [0.25, 0.3) is 0 Å². The largest absolute Gasteiger partial charge is 0.376 e. The molecule has 3 N–H and O–H groups in total. The molecule has 1 aliphatic rings. The maximum Gasteiger partial charge on any atom is 0.272 e. The molecule has 25 heavy (non-hydrogen) atoms. The van der Waals surface area contributed by atoms with E-state index in [0.29, 0.717) is 32.0 Å². The third kappa shape index (κ3) is 5.29. The molecule has 1 aromatic heterocycles. The van der Waals surface area contributed by atoms with Crippen LogP contribution in [0.15, 0.2) is 30.3 Å². The van der Waals surface area contributed by atoms with Gasteiger partial charge in [0.1, 0.15) is 0 Å². The zero-order chi connectivity index (χ0) is 16.8. The first-order chi connectivity index (χ1) is 11.7. The first-order valence-electron chi connectivity index (χ1n) is 8.40. The highest BCUT2D eigenvalue weighted by atomic mass is 35.5. The van der Waals surface area contributed by atoms with Gasteiger partial charge in [0.25, 0.3) is 5.91 Å². The van der Waals surface area contributed by atoms with E-state index in [1.165, 1.54) is 0 Å². The number of halogens is 1. The molecule has 1 atom stereocenters. The molecule has 0 bridgehead atoms. The van der Waals surface area contributed by atoms with Crippen molar-refractivity contribution in [1.82, 2.24) is 20.8 Å². The van der Waals surface area contributed by atoms with Crippen molar-refractivity contribution >= 4 is 18.3 Å². The molecule has 3 rings (SSSR count). The van der Waals surface area contributed by atoms with Gasteiger partial charge in [-0.1, -0.05) is 37.3 Å². The third-order valence-electron chi connectivity index (χ3n) is 4.15. The second-order valence-corrected chi connectivity index (χ2v) is 6.27. The molecular formula is C18H25ClN4O2. The normalized spacial score (nSPS) is 14.3. The summed E-state index contributed by atoms with van der Waals surface area (Å²) >= 11 is 0. The van der Waals surface area contributed by atoms with E-state index in [9.17, 15) is 4.79 Å². The van der Waals surface area contributed by atoms with Crippen LogP contribution in [-0.2, 0) is 24.3 Å². The molecule has 2 aromatic rings. The highest BCUT2D eigenvalue weighted by molar-refractivity contribution is 5.94. The SMILES string of the molecule is CC(CNC(=O)c1n[nH]c2c1CNCC2)COCc1ccccc1.Cl. The fourth-order valence-corrected chi connectivity index (χ4v) is 2.77. The Labute approximate surface area is 154 Å². The number of nitrogens with one attached hydrogen (secondary N) is 3. The van der Waals surface area contributed by atoms with Crippen LogP contribution in [0, 0.1) is 5.92 Å². The van der Waals surface area contributed by atoms with Crippen LogP contribution in [0.1, 0.15) is 34.2 Å². The van der Waals surface area contributed by atoms with Crippen molar-refractivity contribution in [1.29, 1.82) is 0 Å². The second-order valence-electron chi connectivity index (χ2n) is 6.27. The molecule has 0 aliphatic carbocycles. The van der Waals surface area contributed by atoms with E-state index >= 15 is 0 Å². The predicted octanol–water partition coefficient (Wildman–Crippen LogP) is 2.06. The Bertz CT molecular complexity index is 675. The summed E-state index contributed by atoms with van der Waals surface area (Å²) in [6.45, 7) is 5.46. The number of nitrogens with zero attached hydrogens (tertiary/aromatic N) is 1. The third-order valence-corrected chi connectivity index (χ3v) is 4.15. The monoisotopic (exact) mass is 364 g/mol. The number of fused-ring (bicyclic) bond motifs is 1. The average molecular weight is 365 g/mol. The smallest absolute Gasteiger partial charge is 0.272 e. The summed E-state index contributed by atoms with van der Waals surface area (Å²) in [5, 5.41) is 13.4. The number of H-pyrrole nitrogens is 1. The molecule has 136 valence electrons. The molecule has 6 nitrogen and oxygen atoms in total. The van der Waals surface area contributed by atoms with Crippen molar-refractivity contribution in [2.75, 3.05) is 19.7 Å². The summed E-state index contributed by atoms with van der Waals surface area (Å²) in [6.07, 6.45) is 0.888. The predicted molar refractivity (Wildman–Crippen MR) is 98.8 cm³/mol. The minimum Gasteiger partial charge on any atom is -0.376 e. The average Bonchev–Trinajstić information content (AvgIpc) is 3.05. The number of ether oxygens (including phenoxy) is 1. The van der Waals surface area contributed by atoms with E-state index in [1.807, 2.05) is 30.3 Å². The quantitative estimate of drug-likeness (QED) is 0.702. The van der Waals surface area contributed by atoms with Crippen LogP contribution < -0.4 is 10.6 Å². The van der Waals surface area contributed by atoms with Crippen LogP contribution in [-0.4, -0.2) is 35.8 Å². The molecule has 0 saturated carbocycles. The van der Waals surface area contributed by atoms with Gasteiger partial charge in [-0.25, -0.2) is 0 Å². The maximum absolute atomic E-state index is 12.3. The zero-order valence-corrected chi connectivity index (χ0v) is 15.2. The molecular weight excluding hydrogens is 340 g/mol. The van der Waals surface area contributed by atoms with Gasteiger partial charge in [-0.3, -0.25) is 9.89 Å². The summed E-state index contributed by atoms with van der Waals surface area (Å²) in [4.78, 5) is 12.3. The highest BCUT2D eigenvalue weighted by Crippen LogP contribution is 2.15. The van der Waals surface area contributed by atoms with Gasteiger partial charge in [0.15, 0.2) is 5.69 Å². The van der Waals surface area contributed by atoms with Crippen molar-refractivity contribution in [3.8, 4) is 0 Å². The van der Waals surface area contributed by atoms with Gasteiger partial charge in [0, 0.05) is 37.3 Å². The Morgan fingerprint density at radius 1 is 1.36 bits per heavy atom. The van der Waals surface area contributed by atoms with Gasteiger partial charge < -0.3 is 15.4 Å². The number of hydrogen-bond donors (Lipinski definition) is 3. The van der Waals surface area contributed by atoms with E-state index < -0.39 is 0 Å². The van der Waals surface area contributed by atoms with Crippen molar-refractivity contribution in [2.45, 2.75) is 26.5 Å². The van der Waals surface area contributed by atoms with Crippen LogP contribution in [0.3, 0.4) is 0 Å². The van der Waals surface area contributed by atoms with Crippen molar-refractivity contribution in [3.05, 3.63) is 52.8 Å². The molecule has 0 fully saturated rings. The summed E-state index contributed by atoms with van der Waals surface area (Å²) in [5.41, 5.74) is 3.73. The molecule has 1 amide bonds. The van der Waals surface area contributed by atoms with Crippen molar-refractivity contribution in [3.63, 3.8) is 0 Å². The minimum atomic E-state index is -0.119. The van der Waals surface area contributed by atoms with Gasteiger partial charge in [-0.2, -0.15) is 5.10 Å². The lowest BCUT2D eigenvalue weighted by Gasteiger charge is -2.15. The highest BCUT2D eigenvalue weighted by Gasteiger charge is 2.21. The molecule has 0 spiro atoms. The van der Waals surface area contributed by atoms with E-state index in [2.05, 4.69) is 27.8 Å². The molecule has 2 heterocycles. The lowest BCUT2D eigenvalue weighted by molar-refractivity contribution is 0.0840. The van der Waals surface area contributed by atoms with Gasteiger partial charge in [0.2, 0.25) is 0 Å². The van der Waals surface area contributed by atoms with Crippen molar-refractivity contribution < 1.29 is 9.53 Å². The fourth-order valence-electron chi connectivity index (χ4n) is 2.77. The lowest BCUT2D eigenvalue weighted by Crippen LogP contribution is -2.32. The topological polar surface area (TPSA) is 79.0 Å². The van der Waals surface area contributed by atoms with Crippen LogP contribution in [0.2, 0.25) is 0 Å². The summed E-state index contributed by atoms with van der Waals surface area (Å²) < 4.78 is 5.71. The Balaban J connectivity index is 0.00000225. The van der Waals surface area contributed by atoms with E-state index in [4.69, 9.17) is 4.74 Å². The van der Waals surface area contributed by atoms with E-state index in [0.717, 1.165) is 29.8 Å². The standard InChI is InChI=1S/C18H24N4O2.ClH/c1-13(11-24-12-14-5-3-2-4-6-14)9-20-18(23)17-15-10-19-8-7-16(15)21-22-17;/h2-6,13,19H,7-12H2,1H3,(H,20,23)(H,21,22);1H. The van der Waals surface area contributed by atoms with E-state index in [-0.39, 0.29) is 24.2 Å². The Morgan fingerprint density at radius 3 is 2.96 bits per heavy atom. The van der Waals surface area contributed by atoms with Crippen molar-refractivity contribution in [2.24, 2.45) is 5.92 Å². The lowest BCUT2D eigenvalue weighted by atomic mass is 10.1. The van der Waals surface area contributed by atoms with Gasteiger partial charge in [0.05, 0.1) is 13.2 Å². The number of aromatic amines is 1. The fraction of sp³-hybridized carbons (Fsp3) is 0.444. The molecule has 1 aromatic carbocycles. The molecule has 7 heteroatoms. The summed E-state index contributed by atoms with van der Waals surface area (Å²) in [5.74, 6) is 0.122. The van der Waals surface area contributed by atoms with Crippen LogP contribution >= 0.6 is 12.4 Å². The minimum absolute atomic E-state index is 0. The molecule has 0 radical (unpaired) electrons. The second kappa shape index (κ2) is 9.56. The molecule has 1 unspecified atom stereocenters. The van der Waals surface area contributed by atoms with Crippen LogP contribution in [0.4, 0.5) is 0 Å². The number of benzene rings is 1. The Kier molecular flexibility index (Phi) is 7.43. The number of amides is 1. The first kappa shape index (κ1) is 19.4. The van der Waals surface area contributed by atoms with Crippen LogP contribution in [0.5, 0.6) is 0 Å². The maximum atomic E-state index is 12.3. The Morgan fingerprint density at radius 2 is 2.16 bits per heavy atom. The number of aromatic nitrogens is 2. The van der Waals surface area contributed by atoms with Gasteiger partial charge in [-0.15, -0.1) is 12.4 Å². The molecule has 1 aliphatic heterocycles. The Hall–Kier alpha value is -1.89. The molecule has 0 saturated heterocycles. The first-order valence-corrected chi connectivity index (χ1v) is 8.40. The van der Waals surface area contributed by atoms with Gasteiger partial charge >= 0.3 is 0 Å². The van der Waals surface area contributed by atoms with E-state index in [1.54, 1.807) is 0 Å². The summed E-state index contributed by atoms with van der Waals surface area (Å²) in [7, 11) is 0. The summed E-state index contributed by atoms with van der Waals surface area (Å²) in [6, 6.07) is 10.1. The number of carbonyl (C=O) groups excluding carboxylic acids is 1. The van der Waals surface area contributed by atoms with Gasteiger partial charge in [-0.05, 0) is 11.5 Å². The zero-order valence-electron chi connectivity index (χ0n) is 14.4. The number of hydrogen-bond acceptors (Lipinski definition) is 4. The number of carbonyl (C=O) groups is 1. The number of rotatable bonds is 7.